The Hall–Kier alpha value is -4.57. The van der Waals surface area contributed by atoms with Crippen LogP contribution >= 0.6 is 0 Å². The molecule has 3 aromatic carbocycles. The van der Waals surface area contributed by atoms with Crippen molar-refractivity contribution in [2.24, 2.45) is 5.92 Å². The van der Waals surface area contributed by atoms with Crippen LogP contribution in [0.15, 0.2) is 60.7 Å². The summed E-state index contributed by atoms with van der Waals surface area (Å²) in [7, 11) is 3.02. The molecule has 2 aliphatic rings. The van der Waals surface area contributed by atoms with E-state index in [1.807, 2.05) is 42.5 Å². The van der Waals surface area contributed by atoms with Crippen LogP contribution in [0, 0.1) is 5.92 Å². The predicted octanol–water partition coefficient (Wildman–Crippen LogP) is 5.06. The molecule has 1 aliphatic carbocycles. The van der Waals surface area contributed by atoms with Crippen LogP contribution in [0.5, 0.6) is 11.5 Å². The third kappa shape index (κ3) is 7.31. The Morgan fingerprint density at radius 3 is 2.39 bits per heavy atom. The summed E-state index contributed by atoms with van der Waals surface area (Å²) < 4.78 is 16.2. The third-order valence-corrected chi connectivity index (χ3v) is 8.23. The monoisotopic (exact) mass is 601 g/mol. The lowest BCUT2D eigenvalue weighted by atomic mass is 9.85. The van der Waals surface area contributed by atoms with Crippen LogP contribution in [0.25, 0.3) is 11.1 Å². The Labute approximate surface area is 257 Å². The summed E-state index contributed by atoms with van der Waals surface area (Å²) in [5.41, 5.74) is 4.82. The number of rotatable bonds is 12. The number of aliphatic carboxylic acids is 1. The minimum absolute atomic E-state index is 0.0400. The van der Waals surface area contributed by atoms with Crippen molar-refractivity contribution in [3.63, 3.8) is 0 Å². The Bertz CT molecular complexity index is 1500. The van der Waals surface area contributed by atoms with Gasteiger partial charge in [-0.1, -0.05) is 30.7 Å². The molecule has 0 atom stereocenters. The molecule has 1 saturated heterocycles. The second kappa shape index (κ2) is 14.3. The molecule has 44 heavy (non-hydrogen) atoms. The quantitative estimate of drug-likeness (QED) is 0.296. The summed E-state index contributed by atoms with van der Waals surface area (Å²) in [6.45, 7) is 3.03. The van der Waals surface area contributed by atoms with Gasteiger partial charge in [0.25, 0.3) is 5.91 Å². The lowest BCUT2D eigenvalue weighted by Crippen LogP contribution is -2.37. The number of morpholine rings is 1. The minimum Gasteiger partial charge on any atom is -0.493 e. The maximum atomic E-state index is 13.6. The van der Waals surface area contributed by atoms with Gasteiger partial charge in [0.2, 0.25) is 5.91 Å². The predicted molar refractivity (Wildman–Crippen MR) is 167 cm³/mol. The zero-order valence-corrected chi connectivity index (χ0v) is 25.2. The molecule has 1 saturated carbocycles. The van der Waals surface area contributed by atoms with E-state index in [4.69, 9.17) is 14.2 Å². The summed E-state index contributed by atoms with van der Waals surface area (Å²) in [5.74, 6) is -0.274. The summed E-state index contributed by atoms with van der Waals surface area (Å²) >= 11 is 0. The van der Waals surface area contributed by atoms with Crippen molar-refractivity contribution in [1.82, 2.24) is 4.90 Å². The van der Waals surface area contributed by atoms with E-state index in [2.05, 4.69) is 10.2 Å². The number of carbonyl (C=O) groups excluding carboxylic acids is 2. The molecule has 3 aromatic rings. The van der Waals surface area contributed by atoms with Gasteiger partial charge in [-0.15, -0.1) is 0 Å². The van der Waals surface area contributed by atoms with Crippen LogP contribution in [0.1, 0.15) is 41.6 Å². The van der Waals surface area contributed by atoms with Crippen LogP contribution in [0.4, 0.5) is 11.4 Å². The third-order valence-electron chi connectivity index (χ3n) is 8.23. The fraction of sp³-hybridized carbons (Fsp3) is 0.382. The second-order valence-corrected chi connectivity index (χ2v) is 11.1. The Morgan fingerprint density at radius 1 is 0.955 bits per heavy atom. The molecular weight excluding hydrogens is 562 g/mol. The number of ether oxygens (including phenoxy) is 3. The van der Waals surface area contributed by atoms with Gasteiger partial charge >= 0.3 is 5.97 Å². The fourth-order valence-corrected chi connectivity index (χ4v) is 5.51. The number of hydrogen-bond donors (Lipinski definition) is 2. The standard InChI is InChI=1S/C34H39N3O7/c1-42-30-12-10-27(21-31(30)43-2)34(41)37(14-13-32(38)39)22-23-5-3-8-25(19-23)26-9-11-29(36-15-17-44-18-16-36)28(20-26)35-33(40)24-6-4-7-24/h3,5,8-12,19-21,24H,4,6-7,13-18,22H2,1-2H3,(H,35,40)(H,38,39). The molecular formula is C34H39N3O7. The summed E-state index contributed by atoms with van der Waals surface area (Å²) in [5, 5.41) is 12.6. The van der Waals surface area contributed by atoms with Crippen LogP contribution in [0.2, 0.25) is 0 Å². The van der Waals surface area contributed by atoms with Gasteiger partial charge in [-0.25, -0.2) is 0 Å². The highest BCUT2D eigenvalue weighted by atomic mass is 16.5. The van der Waals surface area contributed by atoms with Crippen molar-refractivity contribution in [2.75, 3.05) is 57.3 Å². The van der Waals surface area contributed by atoms with Gasteiger partial charge in [0, 0.05) is 37.7 Å². The molecule has 10 heteroatoms. The first-order valence-electron chi connectivity index (χ1n) is 15.0. The molecule has 232 valence electrons. The van der Waals surface area contributed by atoms with Gasteiger partial charge in [-0.2, -0.15) is 0 Å². The molecule has 1 heterocycles. The second-order valence-electron chi connectivity index (χ2n) is 11.1. The van der Waals surface area contributed by atoms with Crippen molar-refractivity contribution in [3.05, 3.63) is 71.8 Å². The highest BCUT2D eigenvalue weighted by molar-refractivity contribution is 5.97. The maximum Gasteiger partial charge on any atom is 0.305 e. The lowest BCUT2D eigenvalue weighted by Gasteiger charge is -2.32. The van der Waals surface area contributed by atoms with E-state index in [0.717, 1.165) is 60.4 Å². The molecule has 2 fully saturated rings. The minimum atomic E-state index is -0.985. The first-order chi connectivity index (χ1) is 21.4. The van der Waals surface area contributed by atoms with Gasteiger partial charge in [0.05, 0.1) is 45.2 Å². The summed E-state index contributed by atoms with van der Waals surface area (Å²) in [6.07, 6.45) is 2.73. The van der Waals surface area contributed by atoms with Gasteiger partial charge < -0.3 is 34.4 Å². The first-order valence-corrected chi connectivity index (χ1v) is 15.0. The van der Waals surface area contributed by atoms with Crippen LogP contribution in [-0.4, -0.2) is 74.9 Å². The topological polar surface area (TPSA) is 118 Å². The van der Waals surface area contributed by atoms with Crippen molar-refractivity contribution >= 4 is 29.2 Å². The number of carbonyl (C=O) groups is 3. The molecule has 0 radical (unpaired) electrons. The number of anilines is 2. The number of amides is 2. The Kier molecular flexibility index (Phi) is 10.0. The number of carboxylic acids is 1. The number of benzene rings is 3. The normalized spacial score (nSPS) is 14.8. The van der Waals surface area contributed by atoms with Crippen LogP contribution < -0.4 is 19.7 Å². The van der Waals surface area contributed by atoms with E-state index < -0.39 is 5.97 Å². The highest BCUT2D eigenvalue weighted by Gasteiger charge is 2.27. The van der Waals surface area contributed by atoms with Gasteiger partial charge in [-0.3, -0.25) is 14.4 Å². The van der Waals surface area contributed by atoms with Gasteiger partial charge in [0.1, 0.15) is 0 Å². The Balaban J connectivity index is 1.41. The molecule has 0 bridgehead atoms. The van der Waals surface area contributed by atoms with E-state index in [1.165, 1.54) is 19.1 Å². The lowest BCUT2D eigenvalue weighted by molar-refractivity contribution is -0.137. The zero-order chi connectivity index (χ0) is 31.1. The molecule has 0 spiro atoms. The van der Waals surface area contributed by atoms with Crippen molar-refractivity contribution < 1.29 is 33.7 Å². The summed E-state index contributed by atoms with van der Waals surface area (Å²) in [4.78, 5) is 41.8. The highest BCUT2D eigenvalue weighted by Crippen LogP contribution is 2.35. The van der Waals surface area contributed by atoms with E-state index in [0.29, 0.717) is 30.3 Å². The smallest absolute Gasteiger partial charge is 0.305 e. The van der Waals surface area contributed by atoms with Crippen molar-refractivity contribution in [2.45, 2.75) is 32.2 Å². The largest absolute Gasteiger partial charge is 0.493 e. The molecule has 1 aliphatic heterocycles. The van der Waals surface area contributed by atoms with Crippen LogP contribution in [0.3, 0.4) is 0 Å². The first kappa shape index (κ1) is 30.9. The molecule has 10 nitrogen and oxygen atoms in total. The van der Waals surface area contributed by atoms with E-state index in [9.17, 15) is 19.5 Å². The van der Waals surface area contributed by atoms with E-state index in [-0.39, 0.29) is 37.2 Å². The Morgan fingerprint density at radius 2 is 1.70 bits per heavy atom. The number of carboxylic acid groups (broad SMARTS) is 1. The van der Waals surface area contributed by atoms with Gasteiger partial charge in [0.15, 0.2) is 11.5 Å². The number of methoxy groups -OCH3 is 2. The van der Waals surface area contributed by atoms with Crippen LogP contribution in [-0.2, 0) is 20.9 Å². The van der Waals surface area contributed by atoms with E-state index in [1.54, 1.807) is 18.2 Å². The SMILES string of the molecule is COc1ccc(C(=O)N(CCC(=O)O)Cc2cccc(-c3ccc(N4CCOCC4)c(NC(=O)C4CCC4)c3)c2)cc1OC. The number of hydrogen-bond acceptors (Lipinski definition) is 7. The maximum absolute atomic E-state index is 13.6. The van der Waals surface area contributed by atoms with Gasteiger partial charge in [-0.05, 0) is 65.9 Å². The number of nitrogens with one attached hydrogen (secondary N) is 1. The summed E-state index contributed by atoms with van der Waals surface area (Å²) in [6, 6.07) is 18.8. The number of nitrogens with zero attached hydrogens (tertiary/aromatic N) is 2. The fourth-order valence-electron chi connectivity index (χ4n) is 5.51. The molecule has 0 aromatic heterocycles. The molecule has 2 N–H and O–H groups in total. The van der Waals surface area contributed by atoms with Crippen molar-refractivity contribution in [1.29, 1.82) is 0 Å². The molecule has 0 unspecified atom stereocenters. The zero-order valence-electron chi connectivity index (χ0n) is 25.2. The average molecular weight is 602 g/mol. The molecule has 5 rings (SSSR count). The average Bonchev–Trinajstić information content (AvgIpc) is 3.02. The van der Waals surface area contributed by atoms with Crippen molar-refractivity contribution in [3.8, 4) is 22.6 Å². The van der Waals surface area contributed by atoms with E-state index >= 15 is 0 Å². The molecule has 2 amide bonds.